The Morgan fingerprint density at radius 2 is 1.91 bits per heavy atom. The molecule has 0 radical (unpaired) electrons. The number of carbonyl (C=O) groups is 1. The van der Waals surface area contributed by atoms with Crippen LogP contribution < -0.4 is 14.8 Å². The predicted molar refractivity (Wildman–Crippen MR) is 115 cm³/mol. The number of anilines is 1. The van der Waals surface area contributed by atoms with E-state index in [0.29, 0.717) is 12.4 Å². The number of rotatable bonds is 8. The van der Waals surface area contributed by atoms with Crippen LogP contribution >= 0.6 is 0 Å². The Labute approximate surface area is 187 Å². The molecule has 0 spiro atoms. The molecule has 168 valence electrons. The van der Waals surface area contributed by atoms with Crippen LogP contribution in [-0.4, -0.2) is 23.7 Å². The maximum absolute atomic E-state index is 12.3. The highest BCUT2D eigenvalue weighted by molar-refractivity contribution is 6.02. The molecule has 0 saturated heterocycles. The number of halogens is 3. The van der Waals surface area contributed by atoms with Gasteiger partial charge in [0.05, 0.1) is 5.56 Å². The summed E-state index contributed by atoms with van der Waals surface area (Å²) in [4.78, 5) is 16.2. The quantitative estimate of drug-likeness (QED) is 0.479. The van der Waals surface area contributed by atoms with Crippen molar-refractivity contribution in [2.24, 2.45) is 0 Å². The first-order chi connectivity index (χ1) is 15.8. The number of amides is 1. The van der Waals surface area contributed by atoms with E-state index in [9.17, 15) is 18.0 Å². The number of aromatic nitrogens is 1. The minimum atomic E-state index is -4.52. The zero-order chi connectivity index (χ0) is 23.7. The fraction of sp³-hybridized carbons (Fsp3) is 0.125. The Hall–Kier alpha value is -4.32. The van der Waals surface area contributed by atoms with E-state index >= 15 is 0 Å². The minimum absolute atomic E-state index is 0.122. The Kier molecular flexibility index (Phi) is 7.65. The van der Waals surface area contributed by atoms with Crippen LogP contribution in [0.5, 0.6) is 11.5 Å². The molecule has 0 fully saturated rings. The molecule has 0 saturated carbocycles. The summed E-state index contributed by atoms with van der Waals surface area (Å²) in [6.45, 7) is -1.13. The van der Waals surface area contributed by atoms with Crippen molar-refractivity contribution in [2.75, 3.05) is 11.9 Å². The fourth-order valence-corrected chi connectivity index (χ4v) is 2.66. The van der Waals surface area contributed by atoms with Crippen LogP contribution in [0.25, 0.3) is 6.08 Å². The van der Waals surface area contributed by atoms with Gasteiger partial charge in [0.25, 0.3) is 0 Å². The van der Waals surface area contributed by atoms with Crippen molar-refractivity contribution < 1.29 is 27.4 Å². The molecule has 9 heteroatoms. The van der Waals surface area contributed by atoms with Crippen LogP contribution in [0, 0.1) is 11.3 Å². The lowest BCUT2D eigenvalue weighted by molar-refractivity contribution is -0.153. The number of benzene rings is 2. The third kappa shape index (κ3) is 7.70. The van der Waals surface area contributed by atoms with Gasteiger partial charge in [0, 0.05) is 29.7 Å². The van der Waals surface area contributed by atoms with Gasteiger partial charge in [-0.05, 0) is 48.0 Å². The van der Waals surface area contributed by atoms with Crippen molar-refractivity contribution in [2.45, 2.75) is 12.8 Å². The Bertz CT molecular complexity index is 1160. The molecule has 3 aromatic rings. The summed E-state index contributed by atoms with van der Waals surface area (Å²) in [6.07, 6.45) is 1.77. The van der Waals surface area contributed by atoms with Crippen LogP contribution in [0.4, 0.5) is 18.9 Å². The van der Waals surface area contributed by atoms with Crippen LogP contribution in [0.3, 0.4) is 0 Å². The van der Waals surface area contributed by atoms with Crippen LogP contribution in [0.2, 0.25) is 0 Å². The first-order valence-corrected chi connectivity index (χ1v) is 9.67. The van der Waals surface area contributed by atoms with E-state index in [1.54, 1.807) is 48.8 Å². The molecule has 3 rings (SSSR count). The third-order valence-electron chi connectivity index (χ3n) is 4.19. The molecule has 0 bridgehead atoms. The zero-order valence-corrected chi connectivity index (χ0v) is 17.2. The summed E-state index contributed by atoms with van der Waals surface area (Å²) in [7, 11) is 0. The van der Waals surface area contributed by atoms with E-state index in [-0.39, 0.29) is 17.0 Å². The molecule has 33 heavy (non-hydrogen) atoms. The zero-order valence-electron chi connectivity index (χ0n) is 17.2. The summed E-state index contributed by atoms with van der Waals surface area (Å²) in [5, 5.41) is 11.7. The standard InChI is InChI=1S/C24H18F3N3O3/c25-24(26,27)16-33-22-9-6-20(12-19(22)13-28)30-23(31)10-5-17-3-7-21(8-4-17)32-15-18-2-1-11-29-14-18/h1-12,14H,15-16H2,(H,30,31). The molecule has 1 amide bonds. The first kappa shape index (κ1) is 23.3. The van der Waals surface area contributed by atoms with Gasteiger partial charge in [-0.25, -0.2) is 0 Å². The topological polar surface area (TPSA) is 84.2 Å². The van der Waals surface area contributed by atoms with Crippen LogP contribution in [-0.2, 0) is 11.4 Å². The van der Waals surface area contributed by atoms with E-state index in [1.165, 1.54) is 24.3 Å². The van der Waals surface area contributed by atoms with Crippen molar-refractivity contribution in [3.63, 3.8) is 0 Å². The number of nitrogens with zero attached hydrogens (tertiary/aromatic N) is 2. The molecule has 6 nitrogen and oxygen atoms in total. The molecule has 1 aromatic heterocycles. The summed E-state index contributed by atoms with van der Waals surface area (Å²) in [6, 6.07) is 16.4. The average Bonchev–Trinajstić information content (AvgIpc) is 2.81. The Morgan fingerprint density at radius 1 is 1.12 bits per heavy atom. The molecule has 0 aliphatic carbocycles. The maximum atomic E-state index is 12.3. The van der Waals surface area contributed by atoms with Crippen molar-refractivity contribution in [3.05, 3.63) is 89.8 Å². The number of ether oxygens (including phenoxy) is 2. The van der Waals surface area contributed by atoms with E-state index in [1.807, 2.05) is 12.1 Å². The summed E-state index contributed by atoms with van der Waals surface area (Å²) < 4.78 is 47.2. The molecule has 0 aliphatic heterocycles. The molecule has 1 N–H and O–H groups in total. The average molecular weight is 453 g/mol. The number of alkyl halides is 3. The normalized spacial score (nSPS) is 11.1. The van der Waals surface area contributed by atoms with Gasteiger partial charge >= 0.3 is 6.18 Å². The summed E-state index contributed by atoms with van der Waals surface area (Å²) >= 11 is 0. The van der Waals surface area contributed by atoms with Crippen molar-refractivity contribution >= 4 is 17.7 Å². The molecule has 0 unspecified atom stereocenters. The summed E-state index contributed by atoms with van der Waals surface area (Å²) in [5.41, 5.74) is 1.83. The number of nitriles is 1. The van der Waals surface area contributed by atoms with Crippen LogP contribution in [0.1, 0.15) is 16.7 Å². The third-order valence-corrected chi connectivity index (χ3v) is 4.19. The van der Waals surface area contributed by atoms with E-state index in [0.717, 1.165) is 11.1 Å². The number of nitrogens with one attached hydrogen (secondary N) is 1. The lowest BCUT2D eigenvalue weighted by atomic mass is 10.2. The first-order valence-electron chi connectivity index (χ1n) is 9.67. The van der Waals surface area contributed by atoms with Gasteiger partial charge in [-0.2, -0.15) is 18.4 Å². The van der Waals surface area contributed by atoms with Crippen molar-refractivity contribution in [1.29, 1.82) is 5.26 Å². The molecule has 1 heterocycles. The molecule has 0 aliphatic rings. The second-order valence-corrected chi connectivity index (χ2v) is 6.77. The Morgan fingerprint density at radius 3 is 2.58 bits per heavy atom. The second kappa shape index (κ2) is 10.8. The van der Waals surface area contributed by atoms with Gasteiger partial charge in [-0.1, -0.05) is 18.2 Å². The van der Waals surface area contributed by atoms with E-state index in [2.05, 4.69) is 15.0 Å². The molecule has 0 atom stereocenters. The van der Waals surface area contributed by atoms with E-state index < -0.39 is 18.7 Å². The lowest BCUT2D eigenvalue weighted by Crippen LogP contribution is -2.19. The largest absolute Gasteiger partial charge is 0.489 e. The second-order valence-electron chi connectivity index (χ2n) is 6.77. The predicted octanol–water partition coefficient (Wildman–Crippen LogP) is 5.13. The van der Waals surface area contributed by atoms with E-state index in [4.69, 9.17) is 10.00 Å². The number of pyridine rings is 1. The van der Waals surface area contributed by atoms with Gasteiger partial charge in [0.1, 0.15) is 24.2 Å². The van der Waals surface area contributed by atoms with Gasteiger partial charge in [0.2, 0.25) is 5.91 Å². The van der Waals surface area contributed by atoms with Crippen molar-refractivity contribution in [3.8, 4) is 17.6 Å². The molecule has 2 aromatic carbocycles. The van der Waals surface area contributed by atoms with Crippen molar-refractivity contribution in [1.82, 2.24) is 4.98 Å². The number of hydrogen-bond donors (Lipinski definition) is 1. The molecular formula is C24H18F3N3O3. The summed E-state index contributed by atoms with van der Waals surface area (Å²) in [5.74, 6) is -0.0220. The number of carbonyl (C=O) groups excluding carboxylic acids is 1. The fourth-order valence-electron chi connectivity index (χ4n) is 2.66. The van der Waals surface area contributed by atoms with Crippen LogP contribution in [0.15, 0.2) is 73.1 Å². The minimum Gasteiger partial charge on any atom is -0.489 e. The number of hydrogen-bond acceptors (Lipinski definition) is 5. The van der Waals surface area contributed by atoms with Gasteiger partial charge in [0.15, 0.2) is 6.61 Å². The van der Waals surface area contributed by atoms with Gasteiger partial charge < -0.3 is 14.8 Å². The van der Waals surface area contributed by atoms with Gasteiger partial charge in [-0.3, -0.25) is 9.78 Å². The highest BCUT2D eigenvalue weighted by atomic mass is 19.4. The highest BCUT2D eigenvalue weighted by Gasteiger charge is 2.28. The smallest absolute Gasteiger partial charge is 0.422 e. The Balaban J connectivity index is 1.54. The molecular weight excluding hydrogens is 435 g/mol. The highest BCUT2D eigenvalue weighted by Crippen LogP contribution is 2.25. The SMILES string of the molecule is N#Cc1cc(NC(=O)C=Cc2ccc(OCc3cccnc3)cc2)ccc1OCC(F)(F)F. The van der Waals surface area contributed by atoms with Gasteiger partial charge in [-0.15, -0.1) is 0 Å². The monoisotopic (exact) mass is 453 g/mol. The maximum Gasteiger partial charge on any atom is 0.422 e. The lowest BCUT2D eigenvalue weighted by Gasteiger charge is -2.11.